The van der Waals surface area contributed by atoms with E-state index in [1.807, 2.05) is 31.2 Å². The Bertz CT molecular complexity index is 786. The number of carbonyl (C=O) groups is 2. The first-order chi connectivity index (χ1) is 12.6. The molecule has 0 unspecified atom stereocenters. The third-order valence-electron chi connectivity index (χ3n) is 3.76. The van der Waals surface area contributed by atoms with Crippen LogP contribution in [0.2, 0.25) is 0 Å². The molecule has 2 N–H and O–H groups in total. The maximum absolute atomic E-state index is 12.1. The molecule has 0 saturated carbocycles. The summed E-state index contributed by atoms with van der Waals surface area (Å²) in [4.78, 5) is 23.5. The van der Waals surface area contributed by atoms with Crippen molar-refractivity contribution in [2.75, 3.05) is 5.32 Å². The molecule has 0 saturated heterocycles. The van der Waals surface area contributed by atoms with Gasteiger partial charge in [0, 0.05) is 12.1 Å². The number of aryl methyl sites for hydroxylation is 1. The van der Waals surface area contributed by atoms with E-state index in [0.29, 0.717) is 0 Å². The summed E-state index contributed by atoms with van der Waals surface area (Å²) < 4.78 is 40.1. The van der Waals surface area contributed by atoms with Gasteiger partial charge in [0.05, 0.1) is 5.92 Å². The number of halogens is 3. The van der Waals surface area contributed by atoms with E-state index < -0.39 is 29.9 Å². The number of hydrogen-bond acceptors (Lipinski definition) is 3. The number of rotatable bonds is 7. The van der Waals surface area contributed by atoms with E-state index >= 15 is 0 Å². The second-order valence-electron chi connectivity index (χ2n) is 6.05. The average molecular weight is 381 g/mol. The second-order valence-corrected chi connectivity index (χ2v) is 6.05. The van der Waals surface area contributed by atoms with Crippen molar-refractivity contribution in [3.63, 3.8) is 0 Å². The molecule has 2 aromatic carbocycles. The number of carbonyl (C=O) groups excluding carboxylic acids is 1. The molecule has 27 heavy (non-hydrogen) atoms. The molecule has 144 valence electrons. The molecular formula is C19H18F3NO4. The first-order valence-electron chi connectivity index (χ1n) is 8.06. The van der Waals surface area contributed by atoms with Crippen LogP contribution in [0.4, 0.5) is 18.9 Å². The van der Waals surface area contributed by atoms with E-state index in [0.717, 1.165) is 23.3 Å². The molecule has 0 radical (unpaired) electrons. The maximum Gasteiger partial charge on any atom is 0.573 e. The molecule has 0 aliphatic heterocycles. The fourth-order valence-electron chi connectivity index (χ4n) is 2.43. The first-order valence-corrected chi connectivity index (χ1v) is 8.06. The highest BCUT2D eigenvalue weighted by Gasteiger charge is 2.31. The lowest BCUT2D eigenvalue weighted by Crippen LogP contribution is -2.24. The lowest BCUT2D eigenvalue weighted by Gasteiger charge is -2.13. The van der Waals surface area contributed by atoms with Gasteiger partial charge in [-0.15, -0.1) is 13.2 Å². The molecule has 5 nitrogen and oxygen atoms in total. The topological polar surface area (TPSA) is 75.6 Å². The van der Waals surface area contributed by atoms with Crippen LogP contribution in [0.25, 0.3) is 0 Å². The molecule has 0 aromatic heterocycles. The van der Waals surface area contributed by atoms with Crippen molar-refractivity contribution >= 4 is 17.6 Å². The summed E-state index contributed by atoms with van der Waals surface area (Å²) in [5.74, 6) is -2.97. The van der Waals surface area contributed by atoms with Crippen LogP contribution < -0.4 is 10.1 Å². The molecule has 0 bridgehead atoms. The number of nitrogens with one attached hydrogen (secondary N) is 1. The Balaban J connectivity index is 1.95. The summed E-state index contributed by atoms with van der Waals surface area (Å²) in [5, 5.41) is 11.8. The Hall–Kier alpha value is -3.03. The largest absolute Gasteiger partial charge is 0.573 e. The number of alkyl halides is 3. The van der Waals surface area contributed by atoms with Crippen molar-refractivity contribution in [1.29, 1.82) is 0 Å². The van der Waals surface area contributed by atoms with Crippen LogP contribution in [0.5, 0.6) is 5.75 Å². The van der Waals surface area contributed by atoms with Gasteiger partial charge >= 0.3 is 12.3 Å². The van der Waals surface area contributed by atoms with Gasteiger partial charge < -0.3 is 15.2 Å². The van der Waals surface area contributed by atoms with Crippen LogP contribution in [0.3, 0.4) is 0 Å². The monoisotopic (exact) mass is 381 g/mol. The van der Waals surface area contributed by atoms with Gasteiger partial charge in [-0.2, -0.15) is 0 Å². The minimum atomic E-state index is -4.80. The summed E-state index contributed by atoms with van der Waals surface area (Å²) in [6.45, 7) is 1.91. The van der Waals surface area contributed by atoms with E-state index in [-0.39, 0.29) is 18.5 Å². The Morgan fingerprint density at radius 1 is 1.07 bits per heavy atom. The van der Waals surface area contributed by atoms with E-state index in [2.05, 4.69) is 10.1 Å². The van der Waals surface area contributed by atoms with Crippen LogP contribution in [-0.2, 0) is 16.0 Å². The smallest absolute Gasteiger partial charge is 0.481 e. The maximum atomic E-state index is 12.1. The number of anilines is 1. The van der Waals surface area contributed by atoms with Crippen molar-refractivity contribution in [1.82, 2.24) is 0 Å². The predicted molar refractivity (Wildman–Crippen MR) is 92.4 cm³/mol. The molecule has 0 spiro atoms. The number of amides is 1. The Labute approximate surface area is 153 Å². The zero-order valence-corrected chi connectivity index (χ0v) is 14.4. The summed E-state index contributed by atoms with van der Waals surface area (Å²) >= 11 is 0. The van der Waals surface area contributed by atoms with Gasteiger partial charge in [0.25, 0.3) is 0 Å². The third kappa shape index (κ3) is 7.01. The van der Waals surface area contributed by atoms with Crippen molar-refractivity contribution in [3.8, 4) is 5.75 Å². The number of benzene rings is 2. The number of carboxylic acids is 1. The van der Waals surface area contributed by atoms with Crippen LogP contribution in [0.15, 0.2) is 48.5 Å². The van der Waals surface area contributed by atoms with Gasteiger partial charge in [-0.05, 0) is 43.2 Å². The summed E-state index contributed by atoms with van der Waals surface area (Å²) in [6.07, 6.45) is -4.86. The molecule has 8 heteroatoms. The minimum absolute atomic E-state index is 0.196. The first kappa shape index (κ1) is 20.3. The van der Waals surface area contributed by atoms with E-state index in [1.165, 1.54) is 12.1 Å². The zero-order chi connectivity index (χ0) is 20.0. The molecule has 0 fully saturated rings. The Morgan fingerprint density at radius 3 is 2.19 bits per heavy atom. The van der Waals surface area contributed by atoms with Gasteiger partial charge in [0.15, 0.2) is 0 Å². The average Bonchev–Trinajstić information content (AvgIpc) is 2.56. The number of hydrogen-bond donors (Lipinski definition) is 2. The lowest BCUT2D eigenvalue weighted by molar-refractivity contribution is -0.274. The molecule has 0 heterocycles. The molecule has 0 aliphatic rings. The lowest BCUT2D eigenvalue weighted by atomic mass is 9.95. The standard InChI is InChI=1S/C19H18F3NO4/c1-12-2-4-13(5-3-12)10-14(18(25)26)11-17(24)23-15-6-8-16(9-7-15)27-19(20,21)22/h2-9,14H,10-11H2,1H3,(H,23,24)(H,25,26)/t14-/m0/s1. The van der Waals surface area contributed by atoms with Gasteiger partial charge in [-0.3, -0.25) is 9.59 Å². The molecule has 2 aromatic rings. The predicted octanol–water partition coefficient (Wildman–Crippen LogP) is 4.17. The number of aliphatic carboxylic acids is 1. The highest BCUT2D eigenvalue weighted by molar-refractivity contribution is 5.93. The van der Waals surface area contributed by atoms with Gasteiger partial charge in [0.2, 0.25) is 5.91 Å². The fraction of sp³-hybridized carbons (Fsp3) is 0.263. The minimum Gasteiger partial charge on any atom is -0.481 e. The van der Waals surface area contributed by atoms with E-state index in [1.54, 1.807) is 0 Å². The van der Waals surface area contributed by atoms with Crippen molar-refractivity contribution in [2.24, 2.45) is 5.92 Å². The molecule has 1 amide bonds. The Kier molecular flexibility index (Phi) is 6.44. The second kappa shape index (κ2) is 8.57. The van der Waals surface area contributed by atoms with Gasteiger partial charge in [-0.25, -0.2) is 0 Å². The van der Waals surface area contributed by atoms with E-state index in [4.69, 9.17) is 0 Å². The molecular weight excluding hydrogens is 363 g/mol. The summed E-state index contributed by atoms with van der Waals surface area (Å²) in [6, 6.07) is 11.9. The molecule has 1 atom stereocenters. The van der Waals surface area contributed by atoms with Crippen LogP contribution in [-0.4, -0.2) is 23.3 Å². The van der Waals surface area contributed by atoms with E-state index in [9.17, 15) is 27.9 Å². The summed E-state index contributed by atoms with van der Waals surface area (Å²) in [5.41, 5.74) is 2.09. The highest BCUT2D eigenvalue weighted by Crippen LogP contribution is 2.24. The van der Waals surface area contributed by atoms with Crippen LogP contribution >= 0.6 is 0 Å². The fourth-order valence-corrected chi connectivity index (χ4v) is 2.43. The summed E-state index contributed by atoms with van der Waals surface area (Å²) in [7, 11) is 0. The highest BCUT2D eigenvalue weighted by atomic mass is 19.4. The van der Waals surface area contributed by atoms with Crippen molar-refractivity contribution in [3.05, 3.63) is 59.7 Å². The zero-order valence-electron chi connectivity index (χ0n) is 14.4. The number of ether oxygens (including phenoxy) is 1. The van der Waals surface area contributed by atoms with Gasteiger partial charge in [-0.1, -0.05) is 29.8 Å². The van der Waals surface area contributed by atoms with Crippen molar-refractivity contribution in [2.45, 2.75) is 26.1 Å². The molecule has 2 rings (SSSR count). The van der Waals surface area contributed by atoms with Crippen molar-refractivity contribution < 1.29 is 32.6 Å². The SMILES string of the molecule is Cc1ccc(C[C@@H](CC(=O)Nc2ccc(OC(F)(F)F)cc2)C(=O)O)cc1. The number of carboxylic acid groups (broad SMARTS) is 1. The Morgan fingerprint density at radius 2 is 1.67 bits per heavy atom. The third-order valence-corrected chi connectivity index (χ3v) is 3.76. The van der Waals surface area contributed by atoms with Gasteiger partial charge in [0.1, 0.15) is 5.75 Å². The van der Waals surface area contributed by atoms with Crippen LogP contribution in [0.1, 0.15) is 17.5 Å². The molecule has 0 aliphatic carbocycles. The quantitative estimate of drug-likeness (QED) is 0.755. The van der Waals surface area contributed by atoms with Crippen LogP contribution in [0, 0.1) is 12.8 Å². The normalized spacial score (nSPS) is 12.3.